The van der Waals surface area contributed by atoms with E-state index in [-0.39, 0.29) is 29.7 Å². The highest BCUT2D eigenvalue weighted by Gasteiger charge is 2.33. The number of likely N-dealkylation sites (tertiary alicyclic amines) is 1. The molecule has 2 aromatic carbocycles. The molecular formula is C30H29F2N5O3. The number of carboxylic acid groups (broad SMARTS) is 1. The van der Waals surface area contributed by atoms with Gasteiger partial charge in [-0.15, -0.1) is 0 Å². The molecule has 40 heavy (non-hydrogen) atoms. The Morgan fingerprint density at radius 3 is 2.55 bits per heavy atom. The molecule has 1 aliphatic heterocycles. The molecule has 0 amide bonds. The van der Waals surface area contributed by atoms with Crippen LogP contribution in [-0.2, 0) is 19.3 Å². The van der Waals surface area contributed by atoms with Crippen molar-refractivity contribution in [2.24, 2.45) is 0 Å². The zero-order valence-corrected chi connectivity index (χ0v) is 21.9. The second kappa shape index (κ2) is 10.4. The molecule has 3 heterocycles. The number of halogens is 2. The Bertz CT molecular complexity index is 1640. The fourth-order valence-electron chi connectivity index (χ4n) is 5.50. The maximum atomic E-state index is 13.4. The van der Waals surface area contributed by atoms with Crippen molar-refractivity contribution < 1.29 is 18.7 Å². The minimum absolute atomic E-state index is 0.0838. The standard InChI is InChI=1S/C30H29F2N5O3/c31-30(32)11-14-36(15-12-30)13-10-19-4-7-22(8-5-19)34-29-33-17-24-26(38)25(28(39)40)18-37(27(24)35-29)23-9-6-20-2-1-3-21(20)16-23/h4-9,16-18H,1-3,10-15H2,(H,39,40)(H,33,34,35). The van der Waals surface area contributed by atoms with Crippen LogP contribution < -0.4 is 10.7 Å². The quantitative estimate of drug-likeness (QED) is 0.338. The van der Waals surface area contributed by atoms with Crippen LogP contribution in [0, 0.1) is 0 Å². The number of nitrogens with one attached hydrogen (secondary N) is 1. The van der Waals surface area contributed by atoms with Crippen LogP contribution in [0.3, 0.4) is 0 Å². The summed E-state index contributed by atoms with van der Waals surface area (Å²) in [6.07, 6.45) is 6.34. The van der Waals surface area contributed by atoms with E-state index in [4.69, 9.17) is 0 Å². The Kier molecular flexibility index (Phi) is 6.79. The second-order valence-electron chi connectivity index (χ2n) is 10.6. The van der Waals surface area contributed by atoms with Crippen LogP contribution in [0.5, 0.6) is 0 Å². The lowest BCUT2D eigenvalue weighted by Gasteiger charge is -2.31. The van der Waals surface area contributed by atoms with Crippen LogP contribution in [0.4, 0.5) is 20.4 Å². The van der Waals surface area contributed by atoms with Gasteiger partial charge in [-0.3, -0.25) is 4.79 Å². The number of aryl methyl sites for hydroxylation is 2. The zero-order chi connectivity index (χ0) is 27.9. The number of anilines is 2. The van der Waals surface area contributed by atoms with Gasteiger partial charge in [0.25, 0.3) is 5.92 Å². The van der Waals surface area contributed by atoms with Crippen molar-refractivity contribution in [2.75, 3.05) is 25.0 Å². The van der Waals surface area contributed by atoms with E-state index in [9.17, 15) is 23.5 Å². The smallest absolute Gasteiger partial charge is 0.341 e. The van der Waals surface area contributed by atoms with Crippen molar-refractivity contribution in [2.45, 2.75) is 44.4 Å². The molecule has 0 radical (unpaired) electrons. The van der Waals surface area contributed by atoms with Gasteiger partial charge < -0.3 is 19.9 Å². The normalized spacial score (nSPS) is 16.6. The molecule has 4 aromatic rings. The second-order valence-corrected chi connectivity index (χ2v) is 10.6. The van der Waals surface area contributed by atoms with Crippen LogP contribution in [0.2, 0.25) is 0 Å². The first-order valence-corrected chi connectivity index (χ1v) is 13.5. The Hall–Kier alpha value is -4.18. The SMILES string of the molecule is O=C(O)c1cn(-c2ccc3c(c2)CCC3)c2nc(Nc3ccc(CCN4CCC(F)(F)CC4)cc3)ncc2c1=O. The van der Waals surface area contributed by atoms with E-state index in [2.05, 4.69) is 20.2 Å². The molecule has 0 saturated carbocycles. The van der Waals surface area contributed by atoms with Crippen molar-refractivity contribution in [3.8, 4) is 5.69 Å². The molecule has 2 aliphatic rings. The topological polar surface area (TPSA) is 100 Å². The predicted octanol–water partition coefficient (Wildman–Crippen LogP) is 4.98. The van der Waals surface area contributed by atoms with Crippen molar-refractivity contribution >= 4 is 28.6 Å². The van der Waals surface area contributed by atoms with Crippen molar-refractivity contribution in [3.05, 3.63) is 87.3 Å². The zero-order valence-electron chi connectivity index (χ0n) is 21.9. The molecule has 206 valence electrons. The van der Waals surface area contributed by atoms with Crippen molar-refractivity contribution in [1.29, 1.82) is 0 Å². The highest BCUT2D eigenvalue weighted by molar-refractivity contribution is 5.92. The minimum Gasteiger partial charge on any atom is -0.477 e. The maximum absolute atomic E-state index is 13.4. The van der Waals surface area contributed by atoms with Gasteiger partial charge in [0.1, 0.15) is 5.56 Å². The molecule has 10 heteroatoms. The summed E-state index contributed by atoms with van der Waals surface area (Å²) in [5, 5.41) is 12.9. The summed E-state index contributed by atoms with van der Waals surface area (Å²) < 4.78 is 28.4. The molecule has 6 rings (SSSR count). The van der Waals surface area contributed by atoms with Crippen LogP contribution >= 0.6 is 0 Å². The van der Waals surface area contributed by atoms with Crippen LogP contribution in [0.1, 0.15) is 46.3 Å². The predicted molar refractivity (Wildman–Crippen MR) is 148 cm³/mol. The summed E-state index contributed by atoms with van der Waals surface area (Å²) in [5.41, 5.74) is 4.41. The Morgan fingerprint density at radius 2 is 1.80 bits per heavy atom. The molecule has 0 unspecified atom stereocenters. The number of hydrogen-bond donors (Lipinski definition) is 2. The molecule has 8 nitrogen and oxygen atoms in total. The van der Waals surface area contributed by atoms with Gasteiger partial charge in [0.15, 0.2) is 5.65 Å². The number of hydrogen-bond acceptors (Lipinski definition) is 6. The average molecular weight is 546 g/mol. The number of carbonyl (C=O) groups is 1. The maximum Gasteiger partial charge on any atom is 0.341 e. The van der Waals surface area contributed by atoms with Gasteiger partial charge in [-0.2, -0.15) is 4.98 Å². The number of aromatic nitrogens is 3. The van der Waals surface area contributed by atoms with Gasteiger partial charge in [-0.05, 0) is 66.6 Å². The monoisotopic (exact) mass is 545 g/mol. The molecule has 1 aliphatic carbocycles. The van der Waals surface area contributed by atoms with E-state index in [0.29, 0.717) is 18.7 Å². The number of aromatic carboxylic acids is 1. The van der Waals surface area contributed by atoms with Crippen molar-refractivity contribution in [1.82, 2.24) is 19.4 Å². The highest BCUT2D eigenvalue weighted by atomic mass is 19.3. The van der Waals surface area contributed by atoms with E-state index in [1.807, 2.05) is 42.5 Å². The van der Waals surface area contributed by atoms with E-state index in [1.165, 1.54) is 23.5 Å². The van der Waals surface area contributed by atoms with Gasteiger partial charge >= 0.3 is 5.97 Å². The number of pyridine rings is 1. The number of rotatable bonds is 7. The lowest BCUT2D eigenvalue weighted by Crippen LogP contribution is -2.40. The molecular weight excluding hydrogens is 516 g/mol. The lowest BCUT2D eigenvalue weighted by atomic mass is 10.1. The number of piperidine rings is 1. The Morgan fingerprint density at radius 1 is 1.05 bits per heavy atom. The highest BCUT2D eigenvalue weighted by Crippen LogP contribution is 2.28. The van der Waals surface area contributed by atoms with Gasteiger partial charge in [-0.1, -0.05) is 18.2 Å². The molecule has 2 N–H and O–H groups in total. The summed E-state index contributed by atoms with van der Waals surface area (Å²) in [6, 6.07) is 13.7. The molecule has 1 saturated heterocycles. The fraction of sp³-hybridized carbons (Fsp3) is 0.333. The summed E-state index contributed by atoms with van der Waals surface area (Å²) in [4.78, 5) is 35.7. The number of benzene rings is 2. The summed E-state index contributed by atoms with van der Waals surface area (Å²) in [7, 11) is 0. The molecule has 2 aromatic heterocycles. The minimum atomic E-state index is -2.54. The first-order valence-electron chi connectivity index (χ1n) is 13.5. The van der Waals surface area contributed by atoms with Crippen LogP contribution in [0.15, 0.2) is 59.7 Å². The van der Waals surface area contributed by atoms with Crippen LogP contribution in [-0.4, -0.2) is 56.1 Å². The third-order valence-electron chi connectivity index (χ3n) is 7.85. The van der Waals surface area contributed by atoms with Gasteiger partial charge in [0.2, 0.25) is 11.4 Å². The third kappa shape index (κ3) is 5.31. The first kappa shape index (κ1) is 26.1. The fourth-order valence-corrected chi connectivity index (χ4v) is 5.50. The van der Waals surface area contributed by atoms with E-state index in [1.54, 1.807) is 4.57 Å². The van der Waals surface area contributed by atoms with Crippen LogP contribution in [0.25, 0.3) is 16.7 Å². The number of fused-ring (bicyclic) bond motifs is 2. The van der Waals surface area contributed by atoms with Crippen molar-refractivity contribution in [3.63, 3.8) is 0 Å². The van der Waals surface area contributed by atoms with Gasteiger partial charge in [0, 0.05) is 56.2 Å². The lowest BCUT2D eigenvalue weighted by molar-refractivity contribution is -0.0548. The number of nitrogens with zero attached hydrogens (tertiary/aromatic N) is 4. The molecule has 0 spiro atoms. The Balaban J connectivity index is 1.24. The molecule has 1 fully saturated rings. The summed E-state index contributed by atoms with van der Waals surface area (Å²) in [5.74, 6) is -3.57. The summed E-state index contributed by atoms with van der Waals surface area (Å²) in [6.45, 7) is 1.56. The number of carboxylic acids is 1. The van der Waals surface area contributed by atoms with Gasteiger partial charge in [0.05, 0.1) is 5.39 Å². The summed E-state index contributed by atoms with van der Waals surface area (Å²) >= 11 is 0. The van der Waals surface area contributed by atoms with Gasteiger partial charge in [-0.25, -0.2) is 18.6 Å². The first-order chi connectivity index (χ1) is 19.3. The number of alkyl halides is 2. The Labute approximate surface area is 229 Å². The largest absolute Gasteiger partial charge is 0.477 e. The van der Waals surface area contributed by atoms with E-state index < -0.39 is 17.3 Å². The third-order valence-corrected chi connectivity index (χ3v) is 7.85. The molecule has 0 bridgehead atoms. The van der Waals surface area contributed by atoms with E-state index in [0.717, 1.165) is 49.2 Å². The average Bonchev–Trinajstić information content (AvgIpc) is 3.41. The molecule has 0 atom stereocenters. The van der Waals surface area contributed by atoms with E-state index >= 15 is 0 Å².